The first-order valence-corrected chi connectivity index (χ1v) is 9.06. The molecular formula is C20H29N5O. The van der Waals surface area contributed by atoms with Crippen LogP contribution < -0.4 is 22.1 Å². The van der Waals surface area contributed by atoms with Crippen molar-refractivity contribution >= 4 is 29.1 Å². The average molecular weight is 355 g/mol. The van der Waals surface area contributed by atoms with E-state index >= 15 is 0 Å². The quantitative estimate of drug-likeness (QED) is 0.588. The number of rotatable bonds is 6. The molecule has 0 aliphatic carbocycles. The van der Waals surface area contributed by atoms with Crippen LogP contribution in [0.4, 0.5) is 5.69 Å². The minimum Gasteiger partial charge on any atom is -0.396 e. The van der Waals surface area contributed by atoms with Gasteiger partial charge in [0.05, 0.1) is 11.4 Å². The van der Waals surface area contributed by atoms with Gasteiger partial charge in [0.2, 0.25) is 0 Å². The van der Waals surface area contributed by atoms with Crippen molar-refractivity contribution in [1.82, 2.24) is 5.32 Å². The van der Waals surface area contributed by atoms with Gasteiger partial charge in [0.25, 0.3) is 5.91 Å². The molecule has 0 bridgehead atoms. The summed E-state index contributed by atoms with van der Waals surface area (Å²) in [6.07, 6.45) is 5.98. The lowest BCUT2D eigenvalue weighted by Gasteiger charge is -2.17. The molecule has 1 unspecified atom stereocenters. The fraction of sp³-hybridized carbons (Fsp3) is 0.400. The molecule has 1 atom stereocenters. The summed E-state index contributed by atoms with van der Waals surface area (Å²) in [5.74, 6) is 0.0966. The van der Waals surface area contributed by atoms with Crippen LogP contribution in [0.2, 0.25) is 0 Å². The Kier molecular flexibility index (Phi) is 6.83. The second-order valence-corrected chi connectivity index (χ2v) is 6.48. The first-order chi connectivity index (χ1) is 12.5. The average Bonchev–Trinajstić information content (AvgIpc) is 2.88. The van der Waals surface area contributed by atoms with E-state index in [0.29, 0.717) is 18.0 Å². The molecule has 0 saturated carbocycles. The zero-order valence-corrected chi connectivity index (χ0v) is 15.8. The van der Waals surface area contributed by atoms with Crippen LogP contribution >= 0.6 is 0 Å². The molecule has 0 saturated heterocycles. The number of hydrogen-bond donors (Lipinski definition) is 4. The summed E-state index contributed by atoms with van der Waals surface area (Å²) in [7, 11) is 1.83. The predicted octanol–water partition coefficient (Wildman–Crippen LogP) is 2.33. The van der Waals surface area contributed by atoms with Crippen molar-refractivity contribution in [3.8, 4) is 0 Å². The number of allylic oxidation sites excluding steroid dienone is 2. The van der Waals surface area contributed by atoms with E-state index in [1.165, 1.54) is 0 Å². The molecule has 6 N–H and O–H groups in total. The third kappa shape index (κ3) is 4.45. The first kappa shape index (κ1) is 19.6. The maximum atomic E-state index is 12.2. The van der Waals surface area contributed by atoms with Crippen LogP contribution in [0.1, 0.15) is 37.8 Å². The zero-order chi connectivity index (χ0) is 19.1. The van der Waals surface area contributed by atoms with Crippen molar-refractivity contribution in [1.29, 1.82) is 0 Å². The monoisotopic (exact) mass is 355 g/mol. The Labute approximate surface area is 155 Å². The van der Waals surface area contributed by atoms with Crippen molar-refractivity contribution < 1.29 is 4.79 Å². The van der Waals surface area contributed by atoms with E-state index in [1.54, 1.807) is 0 Å². The number of benzene rings is 1. The summed E-state index contributed by atoms with van der Waals surface area (Å²) in [6, 6.07) is 5.80. The maximum Gasteiger partial charge on any atom is 0.269 e. The number of aliphatic imine (C=N–C) groups is 1. The van der Waals surface area contributed by atoms with Gasteiger partial charge in [-0.3, -0.25) is 9.79 Å². The molecule has 1 aliphatic heterocycles. The lowest BCUT2D eigenvalue weighted by atomic mass is 9.95. The predicted molar refractivity (Wildman–Crippen MR) is 110 cm³/mol. The Morgan fingerprint density at radius 3 is 2.81 bits per heavy atom. The van der Waals surface area contributed by atoms with Crippen LogP contribution in [0, 0.1) is 5.92 Å². The smallest absolute Gasteiger partial charge is 0.269 e. The third-order valence-electron chi connectivity index (χ3n) is 4.39. The van der Waals surface area contributed by atoms with Gasteiger partial charge in [-0.1, -0.05) is 38.1 Å². The van der Waals surface area contributed by atoms with Crippen molar-refractivity contribution in [2.45, 2.75) is 26.7 Å². The van der Waals surface area contributed by atoms with E-state index in [0.717, 1.165) is 36.2 Å². The molecule has 0 spiro atoms. The lowest BCUT2D eigenvalue weighted by Crippen LogP contribution is -2.31. The molecule has 0 radical (unpaired) electrons. The molecule has 6 nitrogen and oxygen atoms in total. The first-order valence-electron chi connectivity index (χ1n) is 9.06. The minimum atomic E-state index is -0.347. The molecule has 2 rings (SSSR count). The number of nitrogens with zero attached hydrogens (tertiary/aromatic N) is 1. The standard InChI is InChI=1S/C20H29N5O/c1-4-9-25-20(26)18(22)17(21)16-7-5-6-15(19(16)23-3)14-11-13(2)8-10-24-12-14/h5-7,11-13,23H,4,8-10,21-22H2,1-3H3,(H,25,26)/b18-17+. The van der Waals surface area contributed by atoms with Gasteiger partial charge in [0, 0.05) is 37.5 Å². The van der Waals surface area contributed by atoms with Gasteiger partial charge in [-0.05, 0) is 24.3 Å². The summed E-state index contributed by atoms with van der Waals surface area (Å²) < 4.78 is 0. The van der Waals surface area contributed by atoms with Crippen molar-refractivity contribution in [2.75, 3.05) is 25.5 Å². The van der Waals surface area contributed by atoms with E-state index in [1.807, 2.05) is 38.4 Å². The Balaban J connectivity index is 2.49. The molecule has 1 aromatic rings. The molecule has 1 heterocycles. The number of hydrogen-bond acceptors (Lipinski definition) is 5. The van der Waals surface area contributed by atoms with Crippen LogP contribution in [0.5, 0.6) is 0 Å². The molecule has 1 aromatic carbocycles. The largest absolute Gasteiger partial charge is 0.396 e. The maximum absolute atomic E-state index is 12.2. The minimum absolute atomic E-state index is 0.0315. The van der Waals surface area contributed by atoms with Gasteiger partial charge >= 0.3 is 0 Å². The van der Waals surface area contributed by atoms with Crippen LogP contribution in [0.3, 0.4) is 0 Å². The molecule has 1 aliphatic rings. The molecule has 140 valence electrons. The van der Waals surface area contributed by atoms with E-state index < -0.39 is 0 Å². The Bertz CT molecular complexity index is 749. The Morgan fingerprint density at radius 2 is 2.12 bits per heavy atom. The summed E-state index contributed by atoms with van der Waals surface area (Å²) in [4.78, 5) is 16.6. The van der Waals surface area contributed by atoms with Crippen molar-refractivity contribution in [3.05, 3.63) is 41.1 Å². The molecule has 1 amide bonds. The third-order valence-corrected chi connectivity index (χ3v) is 4.39. The summed E-state index contributed by atoms with van der Waals surface area (Å²) >= 11 is 0. The van der Waals surface area contributed by atoms with Gasteiger partial charge in [-0.2, -0.15) is 0 Å². The number of para-hydroxylation sites is 1. The molecule has 0 fully saturated rings. The SMILES string of the molecule is CCCNC(=O)/C(N)=C(\N)c1cccc(C2=CC(C)CCN=C2)c1NC. The van der Waals surface area contributed by atoms with Crippen molar-refractivity contribution in [2.24, 2.45) is 22.4 Å². The Hall–Kier alpha value is -2.76. The number of anilines is 1. The van der Waals surface area contributed by atoms with Crippen LogP contribution in [-0.4, -0.2) is 32.3 Å². The van der Waals surface area contributed by atoms with Crippen LogP contribution in [-0.2, 0) is 4.79 Å². The number of amides is 1. The summed E-state index contributed by atoms with van der Waals surface area (Å²) in [6.45, 7) is 5.55. The fourth-order valence-electron chi connectivity index (χ4n) is 2.92. The molecule has 26 heavy (non-hydrogen) atoms. The van der Waals surface area contributed by atoms with E-state index in [2.05, 4.69) is 28.6 Å². The highest BCUT2D eigenvalue weighted by Crippen LogP contribution is 2.31. The second-order valence-electron chi connectivity index (χ2n) is 6.48. The van der Waals surface area contributed by atoms with Gasteiger partial charge < -0.3 is 22.1 Å². The molecule has 6 heteroatoms. The highest BCUT2D eigenvalue weighted by atomic mass is 16.2. The highest BCUT2D eigenvalue weighted by molar-refractivity contribution is 6.13. The van der Waals surface area contributed by atoms with Crippen molar-refractivity contribution in [3.63, 3.8) is 0 Å². The number of carbonyl (C=O) groups is 1. The molecule has 0 aromatic heterocycles. The van der Waals surface area contributed by atoms with Gasteiger partial charge in [-0.25, -0.2) is 0 Å². The number of nitrogens with one attached hydrogen (secondary N) is 2. The fourth-order valence-corrected chi connectivity index (χ4v) is 2.92. The van der Waals surface area contributed by atoms with Crippen LogP contribution in [0.25, 0.3) is 11.3 Å². The normalized spacial score (nSPS) is 17.8. The van der Waals surface area contributed by atoms with Gasteiger partial charge in [0.1, 0.15) is 5.70 Å². The summed E-state index contributed by atoms with van der Waals surface area (Å²) in [5, 5.41) is 5.97. The van der Waals surface area contributed by atoms with Gasteiger partial charge in [-0.15, -0.1) is 0 Å². The van der Waals surface area contributed by atoms with Gasteiger partial charge in [0.15, 0.2) is 0 Å². The highest BCUT2D eigenvalue weighted by Gasteiger charge is 2.17. The molecular weight excluding hydrogens is 326 g/mol. The Morgan fingerprint density at radius 1 is 1.35 bits per heavy atom. The van der Waals surface area contributed by atoms with Crippen LogP contribution in [0.15, 0.2) is 35.0 Å². The summed E-state index contributed by atoms with van der Waals surface area (Å²) in [5.41, 5.74) is 16.1. The topological polar surface area (TPSA) is 106 Å². The lowest BCUT2D eigenvalue weighted by molar-refractivity contribution is -0.117. The van der Waals surface area contributed by atoms with E-state index in [9.17, 15) is 4.79 Å². The van der Waals surface area contributed by atoms with E-state index in [4.69, 9.17) is 11.5 Å². The number of nitrogens with two attached hydrogens (primary N) is 2. The van der Waals surface area contributed by atoms with E-state index in [-0.39, 0.29) is 17.3 Å². The zero-order valence-electron chi connectivity index (χ0n) is 15.8. The number of carbonyl (C=O) groups excluding carboxylic acids is 1. The second kappa shape index (κ2) is 9.08.